The molecule has 0 saturated heterocycles. The van der Waals surface area contributed by atoms with E-state index in [2.05, 4.69) is 9.46 Å². The molecule has 0 aliphatic carbocycles. The van der Waals surface area contributed by atoms with Gasteiger partial charge in [-0.1, -0.05) is 30.3 Å². The predicted octanol–water partition coefficient (Wildman–Crippen LogP) is 4.47. The third kappa shape index (κ3) is 4.96. The number of furan rings is 1. The van der Waals surface area contributed by atoms with Gasteiger partial charge in [0.15, 0.2) is 0 Å². The van der Waals surface area contributed by atoms with Gasteiger partial charge in [-0.15, -0.1) is 0 Å². The Balaban J connectivity index is 1.63. The van der Waals surface area contributed by atoms with Crippen LogP contribution in [0.15, 0.2) is 87.2 Å². The van der Waals surface area contributed by atoms with Gasteiger partial charge in [-0.25, -0.2) is 9.18 Å². The number of ether oxygens (including phenoxy) is 1. The van der Waals surface area contributed by atoms with Gasteiger partial charge in [-0.3, -0.25) is 8.93 Å². The lowest BCUT2D eigenvalue weighted by Gasteiger charge is -2.12. The SMILES string of the molecule is COC(=O)c1cccc(CS(=O)c2ccc(F)cc2NS(=O)(=O)c2cc3ccccc3o2)c1. The largest absolute Gasteiger partial charge is 0.465 e. The fourth-order valence-corrected chi connectivity index (χ4v) is 5.52. The lowest BCUT2D eigenvalue weighted by Crippen LogP contribution is -2.14. The van der Waals surface area contributed by atoms with Crippen LogP contribution in [0.5, 0.6) is 0 Å². The van der Waals surface area contributed by atoms with Crippen molar-refractivity contribution in [1.82, 2.24) is 0 Å². The van der Waals surface area contributed by atoms with Crippen molar-refractivity contribution in [3.05, 3.63) is 89.7 Å². The molecule has 0 fully saturated rings. The minimum absolute atomic E-state index is 0.0319. The highest BCUT2D eigenvalue weighted by atomic mass is 32.2. The first-order valence-electron chi connectivity index (χ1n) is 9.63. The summed E-state index contributed by atoms with van der Waals surface area (Å²) in [7, 11) is -4.72. The van der Waals surface area contributed by atoms with Gasteiger partial charge in [0.1, 0.15) is 11.4 Å². The Morgan fingerprint density at radius 1 is 1.06 bits per heavy atom. The summed E-state index contributed by atoms with van der Waals surface area (Å²) in [6.45, 7) is 0. The molecule has 7 nitrogen and oxygen atoms in total. The number of hydrogen-bond donors (Lipinski definition) is 1. The van der Waals surface area contributed by atoms with Crippen molar-refractivity contribution < 1.29 is 31.0 Å². The van der Waals surface area contributed by atoms with Crippen LogP contribution in [0.2, 0.25) is 0 Å². The molecular weight excluding hydrogens is 469 g/mol. The number of rotatable bonds is 7. The standard InChI is InChI=1S/C23H18FNO6S2/c1-30-23(26)17-7-4-5-15(11-17)14-32(27)21-10-9-18(24)13-19(21)25-33(28,29)22-12-16-6-2-3-8-20(16)31-22/h2-13,25H,14H2,1H3. The molecule has 0 aliphatic rings. The average Bonchev–Trinajstić information content (AvgIpc) is 3.24. The zero-order chi connectivity index (χ0) is 23.6. The first-order valence-corrected chi connectivity index (χ1v) is 12.4. The number of benzene rings is 3. The molecule has 1 aromatic heterocycles. The predicted molar refractivity (Wildman–Crippen MR) is 121 cm³/mol. The van der Waals surface area contributed by atoms with Gasteiger partial charge in [-0.05, 0) is 42.0 Å². The summed E-state index contributed by atoms with van der Waals surface area (Å²) in [4.78, 5) is 11.8. The van der Waals surface area contributed by atoms with Crippen LogP contribution in [0, 0.1) is 5.82 Å². The van der Waals surface area contributed by atoms with Gasteiger partial charge in [0.25, 0.3) is 10.0 Å². The Morgan fingerprint density at radius 2 is 1.85 bits per heavy atom. The topological polar surface area (TPSA) is 103 Å². The number of anilines is 1. The lowest BCUT2D eigenvalue weighted by molar-refractivity contribution is 0.0600. The number of hydrogen-bond acceptors (Lipinski definition) is 6. The minimum Gasteiger partial charge on any atom is -0.465 e. The molecule has 170 valence electrons. The number of esters is 1. The van der Waals surface area contributed by atoms with Crippen molar-refractivity contribution in [2.75, 3.05) is 11.8 Å². The van der Waals surface area contributed by atoms with Crippen molar-refractivity contribution in [1.29, 1.82) is 0 Å². The number of sulfonamides is 1. The van der Waals surface area contributed by atoms with Gasteiger partial charge < -0.3 is 9.15 Å². The number of carbonyl (C=O) groups is 1. The zero-order valence-electron chi connectivity index (χ0n) is 17.3. The van der Waals surface area contributed by atoms with E-state index in [0.29, 0.717) is 16.5 Å². The summed E-state index contributed by atoms with van der Waals surface area (Å²) in [6.07, 6.45) is 0. The van der Waals surface area contributed by atoms with Crippen molar-refractivity contribution in [3.63, 3.8) is 0 Å². The molecule has 4 aromatic rings. The molecule has 1 N–H and O–H groups in total. The summed E-state index contributed by atoms with van der Waals surface area (Å²) in [5.41, 5.74) is 1.06. The lowest BCUT2D eigenvalue weighted by atomic mass is 10.1. The molecule has 0 saturated carbocycles. The van der Waals surface area contributed by atoms with E-state index in [-0.39, 0.29) is 27.0 Å². The van der Waals surface area contributed by atoms with Crippen LogP contribution in [0.4, 0.5) is 10.1 Å². The molecule has 1 heterocycles. The fourth-order valence-electron chi connectivity index (χ4n) is 3.20. The van der Waals surface area contributed by atoms with E-state index in [4.69, 9.17) is 4.42 Å². The summed E-state index contributed by atoms with van der Waals surface area (Å²) < 4.78 is 65.2. The highest BCUT2D eigenvalue weighted by molar-refractivity contribution is 7.92. The molecule has 1 unspecified atom stereocenters. The summed E-state index contributed by atoms with van der Waals surface area (Å²) in [5.74, 6) is -1.27. The van der Waals surface area contributed by atoms with Gasteiger partial charge in [0, 0.05) is 11.5 Å². The van der Waals surface area contributed by atoms with E-state index in [1.54, 1.807) is 42.5 Å². The fraction of sp³-hybridized carbons (Fsp3) is 0.0870. The van der Waals surface area contributed by atoms with E-state index in [0.717, 1.165) is 12.1 Å². The number of halogens is 1. The first kappa shape index (κ1) is 22.7. The van der Waals surface area contributed by atoms with Crippen molar-refractivity contribution in [2.24, 2.45) is 0 Å². The maximum atomic E-state index is 14.0. The molecule has 0 radical (unpaired) electrons. The van der Waals surface area contributed by atoms with Gasteiger partial charge in [0.2, 0.25) is 5.09 Å². The second-order valence-corrected chi connectivity index (χ2v) is 10.1. The quantitative estimate of drug-likeness (QED) is 0.386. The Hall–Kier alpha value is -3.50. The Labute approximate surface area is 191 Å². The molecule has 0 bridgehead atoms. The number of methoxy groups -OCH3 is 1. The molecule has 0 amide bonds. The maximum Gasteiger partial charge on any atom is 0.337 e. The molecule has 0 aliphatic heterocycles. The van der Waals surface area contributed by atoms with Gasteiger partial charge in [0.05, 0.1) is 39.8 Å². The third-order valence-corrected chi connectivity index (χ3v) is 7.41. The first-order chi connectivity index (χ1) is 15.8. The van der Waals surface area contributed by atoms with E-state index >= 15 is 0 Å². The molecule has 0 spiro atoms. The van der Waals surface area contributed by atoms with Gasteiger partial charge >= 0.3 is 5.97 Å². The summed E-state index contributed by atoms with van der Waals surface area (Å²) >= 11 is 0. The molecule has 3 aromatic carbocycles. The second-order valence-electron chi connectivity index (χ2n) is 7.03. The molecule has 33 heavy (non-hydrogen) atoms. The van der Waals surface area contributed by atoms with Crippen molar-refractivity contribution in [3.8, 4) is 0 Å². The van der Waals surface area contributed by atoms with E-state index in [1.807, 2.05) is 0 Å². The summed E-state index contributed by atoms with van der Waals surface area (Å²) in [5, 5.41) is 0.238. The van der Waals surface area contributed by atoms with E-state index in [9.17, 15) is 21.8 Å². The Morgan fingerprint density at radius 3 is 2.61 bits per heavy atom. The highest BCUT2D eigenvalue weighted by Crippen LogP contribution is 2.28. The van der Waals surface area contributed by atoms with Crippen LogP contribution in [0.1, 0.15) is 15.9 Å². The van der Waals surface area contributed by atoms with E-state index < -0.39 is 32.6 Å². The monoisotopic (exact) mass is 487 g/mol. The Bertz CT molecular complexity index is 1450. The maximum absolute atomic E-state index is 14.0. The number of nitrogens with one attached hydrogen (secondary N) is 1. The number of carbonyl (C=O) groups excluding carboxylic acids is 1. The van der Waals surface area contributed by atoms with E-state index in [1.165, 1.54) is 25.3 Å². The molecule has 1 atom stereocenters. The minimum atomic E-state index is -4.22. The number of para-hydroxylation sites is 1. The molecule has 10 heteroatoms. The van der Waals surface area contributed by atoms with Crippen LogP contribution in [-0.4, -0.2) is 25.7 Å². The van der Waals surface area contributed by atoms with Crippen LogP contribution in [-0.2, 0) is 31.3 Å². The second kappa shape index (κ2) is 9.16. The van der Waals surface area contributed by atoms with Crippen LogP contribution < -0.4 is 4.72 Å². The number of fused-ring (bicyclic) bond motifs is 1. The average molecular weight is 488 g/mol. The van der Waals surface area contributed by atoms with Crippen LogP contribution in [0.25, 0.3) is 11.0 Å². The molecular formula is C23H18FNO6S2. The third-order valence-electron chi connectivity index (χ3n) is 4.74. The smallest absolute Gasteiger partial charge is 0.337 e. The van der Waals surface area contributed by atoms with Crippen molar-refractivity contribution >= 4 is 43.4 Å². The normalized spacial score (nSPS) is 12.4. The van der Waals surface area contributed by atoms with Gasteiger partial charge in [-0.2, -0.15) is 8.42 Å². The van der Waals surface area contributed by atoms with Crippen molar-refractivity contribution in [2.45, 2.75) is 15.7 Å². The van der Waals surface area contributed by atoms with Crippen LogP contribution >= 0.6 is 0 Å². The Kier molecular flexibility index (Phi) is 6.30. The van der Waals surface area contributed by atoms with Crippen LogP contribution in [0.3, 0.4) is 0 Å². The zero-order valence-corrected chi connectivity index (χ0v) is 18.9. The highest BCUT2D eigenvalue weighted by Gasteiger charge is 2.23. The summed E-state index contributed by atoms with van der Waals surface area (Å²) in [6, 6.07) is 17.8. The molecule has 4 rings (SSSR count).